The van der Waals surface area contributed by atoms with E-state index in [1.165, 1.54) is 6.33 Å². The Morgan fingerprint density at radius 1 is 1.22 bits per heavy atom. The van der Waals surface area contributed by atoms with Crippen molar-refractivity contribution in [3.05, 3.63) is 24.0 Å². The van der Waals surface area contributed by atoms with Crippen molar-refractivity contribution in [1.29, 1.82) is 0 Å². The molecule has 0 bridgehead atoms. The number of nitrogens with zero attached hydrogens (tertiary/aromatic N) is 5. The summed E-state index contributed by atoms with van der Waals surface area (Å²) in [5.74, 6) is 0.391. The summed E-state index contributed by atoms with van der Waals surface area (Å²) in [5.41, 5.74) is 1.18. The number of nitrogens with one attached hydrogen (secondary N) is 1. The van der Waals surface area contributed by atoms with Gasteiger partial charge < -0.3 is 0 Å². The van der Waals surface area contributed by atoms with Crippen molar-refractivity contribution in [2.45, 2.75) is 58.6 Å². The topological polar surface area (TPSA) is 94.7 Å². The van der Waals surface area contributed by atoms with Crippen LogP contribution in [0.2, 0.25) is 0 Å². The van der Waals surface area contributed by atoms with Gasteiger partial charge in [-0.05, 0) is 26.7 Å². The molecule has 1 N–H and O–H groups in total. The molecule has 2 aromatic rings. The Morgan fingerprint density at radius 3 is 2.48 bits per heavy atom. The number of rotatable bonds is 7. The highest BCUT2D eigenvalue weighted by Gasteiger charge is 2.26. The molecular formula is C14H24N6O2S. The largest absolute Gasteiger partial charge is 0.268 e. The lowest BCUT2D eigenvalue weighted by molar-refractivity contribution is 0.471. The minimum atomic E-state index is -3.63. The molecule has 0 spiro atoms. The molecule has 1 atom stereocenters. The zero-order valence-corrected chi connectivity index (χ0v) is 15.0. The zero-order valence-electron chi connectivity index (χ0n) is 14.2. The van der Waals surface area contributed by atoms with E-state index in [0.29, 0.717) is 30.4 Å². The predicted molar refractivity (Wildman–Crippen MR) is 86.3 cm³/mol. The first-order valence-electron chi connectivity index (χ1n) is 7.59. The molecule has 2 aromatic heterocycles. The van der Waals surface area contributed by atoms with Crippen LogP contribution >= 0.6 is 0 Å². The van der Waals surface area contributed by atoms with E-state index >= 15 is 0 Å². The maximum absolute atomic E-state index is 12.7. The molecule has 0 radical (unpaired) electrons. The zero-order chi connectivity index (χ0) is 17.2. The van der Waals surface area contributed by atoms with Gasteiger partial charge in [0.1, 0.15) is 17.6 Å². The van der Waals surface area contributed by atoms with Gasteiger partial charge in [0.25, 0.3) is 0 Å². The van der Waals surface area contributed by atoms with E-state index in [-0.39, 0.29) is 10.9 Å². The van der Waals surface area contributed by atoms with Gasteiger partial charge in [-0.1, -0.05) is 13.8 Å². The van der Waals surface area contributed by atoms with Crippen molar-refractivity contribution in [2.75, 3.05) is 0 Å². The van der Waals surface area contributed by atoms with E-state index < -0.39 is 10.0 Å². The maximum atomic E-state index is 12.7. The van der Waals surface area contributed by atoms with Gasteiger partial charge in [-0.2, -0.15) is 10.2 Å². The summed E-state index contributed by atoms with van der Waals surface area (Å²) in [4.78, 5) is 4.12. The summed E-state index contributed by atoms with van der Waals surface area (Å²) in [7, 11) is -3.63. The van der Waals surface area contributed by atoms with Gasteiger partial charge in [0.05, 0.1) is 17.9 Å². The lowest BCUT2D eigenvalue weighted by Crippen LogP contribution is -2.36. The Balaban J connectivity index is 2.20. The molecule has 2 rings (SSSR count). The lowest BCUT2D eigenvalue weighted by Gasteiger charge is -2.14. The summed E-state index contributed by atoms with van der Waals surface area (Å²) < 4.78 is 31.4. The SMILES string of the molecule is Cc1nn(CC(C)C)c(C)c1S(=O)(=O)N[C@H](C)Cn1cncn1. The Hall–Kier alpha value is -1.74. The molecule has 23 heavy (non-hydrogen) atoms. The minimum absolute atomic E-state index is 0.267. The maximum Gasteiger partial charge on any atom is 0.244 e. The fourth-order valence-electron chi connectivity index (χ4n) is 2.56. The Bertz CT molecular complexity index is 749. The molecule has 0 saturated carbocycles. The molecular weight excluding hydrogens is 316 g/mol. The molecule has 0 unspecified atom stereocenters. The van der Waals surface area contributed by atoms with Crippen LogP contribution in [0, 0.1) is 19.8 Å². The van der Waals surface area contributed by atoms with Gasteiger partial charge in [-0.3, -0.25) is 9.36 Å². The number of hydrogen-bond acceptors (Lipinski definition) is 5. The van der Waals surface area contributed by atoms with E-state index in [1.54, 1.807) is 36.5 Å². The van der Waals surface area contributed by atoms with Crippen molar-refractivity contribution in [1.82, 2.24) is 29.3 Å². The monoisotopic (exact) mass is 340 g/mol. The highest BCUT2D eigenvalue weighted by atomic mass is 32.2. The minimum Gasteiger partial charge on any atom is -0.268 e. The molecule has 8 nitrogen and oxygen atoms in total. The van der Waals surface area contributed by atoms with Crippen molar-refractivity contribution in [3.8, 4) is 0 Å². The smallest absolute Gasteiger partial charge is 0.244 e. The number of aromatic nitrogens is 5. The summed E-state index contributed by atoms with van der Waals surface area (Å²) in [6, 6.07) is -0.311. The number of aryl methyl sites for hydroxylation is 1. The van der Waals surface area contributed by atoms with Crippen LogP contribution in [0.25, 0.3) is 0 Å². The first kappa shape index (κ1) is 17.6. The molecule has 0 fully saturated rings. The van der Waals surface area contributed by atoms with Gasteiger partial charge in [-0.15, -0.1) is 0 Å². The molecule has 0 amide bonds. The molecule has 9 heteroatoms. The van der Waals surface area contributed by atoms with Crippen LogP contribution in [-0.2, 0) is 23.1 Å². The quantitative estimate of drug-likeness (QED) is 0.815. The van der Waals surface area contributed by atoms with Gasteiger partial charge in [0.2, 0.25) is 10.0 Å². The first-order valence-corrected chi connectivity index (χ1v) is 9.07. The van der Waals surface area contributed by atoms with Crippen molar-refractivity contribution in [2.24, 2.45) is 5.92 Å². The Labute approximate surface area is 137 Å². The van der Waals surface area contributed by atoms with Gasteiger partial charge in [-0.25, -0.2) is 18.1 Å². The predicted octanol–water partition coefficient (Wildman–Crippen LogP) is 1.11. The van der Waals surface area contributed by atoms with Crippen LogP contribution < -0.4 is 4.72 Å². The molecule has 0 aliphatic carbocycles. The summed E-state index contributed by atoms with van der Waals surface area (Å²) in [5, 5.41) is 8.35. The van der Waals surface area contributed by atoms with E-state index in [1.807, 2.05) is 0 Å². The molecule has 2 heterocycles. The van der Waals surface area contributed by atoms with Crippen molar-refractivity contribution >= 4 is 10.0 Å². The molecule has 0 saturated heterocycles. The second kappa shape index (κ2) is 6.79. The Morgan fingerprint density at radius 2 is 1.91 bits per heavy atom. The van der Waals surface area contributed by atoms with E-state index in [4.69, 9.17) is 0 Å². The van der Waals surface area contributed by atoms with Crippen LogP contribution in [0.15, 0.2) is 17.6 Å². The third-order valence-electron chi connectivity index (χ3n) is 3.41. The molecule has 128 valence electrons. The molecule has 0 aliphatic rings. The summed E-state index contributed by atoms with van der Waals surface area (Å²) >= 11 is 0. The fraction of sp³-hybridized carbons (Fsp3) is 0.643. The average molecular weight is 340 g/mol. The summed E-state index contributed by atoms with van der Waals surface area (Å²) in [6.07, 6.45) is 2.98. The van der Waals surface area contributed by atoms with Crippen LogP contribution in [-0.4, -0.2) is 39.0 Å². The summed E-state index contributed by atoms with van der Waals surface area (Å²) in [6.45, 7) is 10.6. The Kier molecular flexibility index (Phi) is 5.20. The van der Waals surface area contributed by atoms with Gasteiger partial charge in [0.15, 0.2) is 0 Å². The highest BCUT2D eigenvalue weighted by molar-refractivity contribution is 7.89. The van der Waals surface area contributed by atoms with Crippen molar-refractivity contribution < 1.29 is 8.42 Å². The normalized spacial score (nSPS) is 13.7. The van der Waals surface area contributed by atoms with Crippen LogP contribution in [0.4, 0.5) is 0 Å². The fourth-order valence-corrected chi connectivity index (χ4v) is 4.21. The average Bonchev–Trinajstić information content (AvgIpc) is 2.97. The van der Waals surface area contributed by atoms with Gasteiger partial charge >= 0.3 is 0 Å². The number of sulfonamides is 1. The second-order valence-electron chi connectivity index (χ2n) is 6.22. The number of hydrogen-bond donors (Lipinski definition) is 1. The van der Waals surface area contributed by atoms with E-state index in [9.17, 15) is 8.42 Å². The van der Waals surface area contributed by atoms with Crippen molar-refractivity contribution in [3.63, 3.8) is 0 Å². The van der Waals surface area contributed by atoms with Crippen LogP contribution in [0.3, 0.4) is 0 Å². The third kappa shape index (κ3) is 4.17. The molecule has 0 aromatic carbocycles. The standard InChI is InChI=1S/C14H24N6O2S/c1-10(2)6-20-13(5)14(12(4)17-20)23(21,22)18-11(3)7-19-9-15-8-16-19/h8-11,18H,6-7H2,1-5H3/t11-/m1/s1. The highest BCUT2D eigenvalue weighted by Crippen LogP contribution is 2.20. The third-order valence-corrected chi connectivity index (χ3v) is 5.25. The van der Waals surface area contributed by atoms with E-state index in [0.717, 1.165) is 0 Å². The van der Waals surface area contributed by atoms with Crippen LogP contribution in [0.5, 0.6) is 0 Å². The van der Waals surface area contributed by atoms with Crippen LogP contribution in [0.1, 0.15) is 32.2 Å². The van der Waals surface area contributed by atoms with E-state index in [2.05, 4.69) is 33.8 Å². The lowest BCUT2D eigenvalue weighted by atomic mass is 10.2. The second-order valence-corrected chi connectivity index (χ2v) is 7.87. The van der Waals surface area contributed by atoms with Gasteiger partial charge in [0, 0.05) is 12.6 Å². The molecule has 0 aliphatic heterocycles. The first-order chi connectivity index (χ1) is 10.7.